The van der Waals surface area contributed by atoms with Crippen molar-refractivity contribution in [3.05, 3.63) is 18.2 Å². The number of carbonyl (C=O) groups is 21. The molecule has 50 nitrogen and oxygen atoms in total. The van der Waals surface area contributed by atoms with E-state index in [0.717, 1.165) is 0 Å². The molecule has 0 radical (unpaired) electrons. The van der Waals surface area contributed by atoms with Gasteiger partial charge >= 0.3 is 5.97 Å². The van der Waals surface area contributed by atoms with Gasteiger partial charge in [0.2, 0.25) is 118 Å². The maximum Gasteiger partial charge on any atom is 0.325 e. The van der Waals surface area contributed by atoms with Crippen LogP contribution in [0.25, 0.3) is 0 Å². The van der Waals surface area contributed by atoms with E-state index in [-0.39, 0.29) is 95.1 Å². The predicted molar refractivity (Wildman–Crippen MR) is 497 cm³/mol. The Hall–Kier alpha value is -11.8. The average Bonchev–Trinajstić information content (AvgIpc) is 1.63. The van der Waals surface area contributed by atoms with Crippen LogP contribution in [-0.2, 0) is 107 Å². The fourth-order valence-electron chi connectivity index (χ4n) is 15.5. The van der Waals surface area contributed by atoms with Gasteiger partial charge in [0, 0.05) is 50.1 Å². The van der Waals surface area contributed by atoms with Gasteiger partial charge in [-0.25, -0.2) is 4.98 Å². The Balaban J connectivity index is 1.40. The van der Waals surface area contributed by atoms with Gasteiger partial charge in [0.05, 0.1) is 39.3 Å². The van der Waals surface area contributed by atoms with Crippen molar-refractivity contribution in [2.24, 2.45) is 46.8 Å². The number of aliphatic hydroxyl groups excluding tert-OH is 4. The summed E-state index contributed by atoms with van der Waals surface area (Å²) in [7, 11) is 0. The number of imidazole rings is 1. The molecule has 1 aromatic rings. The number of primary amides is 1. The van der Waals surface area contributed by atoms with Gasteiger partial charge < -0.3 is 147 Å². The van der Waals surface area contributed by atoms with Crippen molar-refractivity contribution >= 4 is 137 Å². The fraction of sp³-hybridized carbons (Fsp3) is 0.724. The Morgan fingerprint density at radius 1 is 0.442 bits per heavy atom. The summed E-state index contributed by atoms with van der Waals surface area (Å²) in [6.45, 7) is 16.4. The van der Waals surface area contributed by atoms with Gasteiger partial charge in [-0.1, -0.05) is 82.1 Å². The van der Waals surface area contributed by atoms with E-state index in [1.165, 1.54) is 48.0 Å². The number of aliphatic carboxylic acids is 1. The lowest BCUT2D eigenvalue weighted by Gasteiger charge is -2.35. The molecule has 3 aliphatic rings. The molecule has 0 aliphatic carbocycles. The fourth-order valence-corrected chi connectivity index (χ4v) is 15.7. The number of thiol groups is 1. The molecule has 1 aromatic heterocycles. The van der Waals surface area contributed by atoms with Gasteiger partial charge in [-0.2, -0.15) is 12.6 Å². The van der Waals surface area contributed by atoms with Gasteiger partial charge in [-0.05, 0) is 134 Å². The summed E-state index contributed by atoms with van der Waals surface area (Å²) in [5, 5.41) is 88.8. The third-order valence-electron chi connectivity index (χ3n) is 23.9. The molecule has 4 rings (SSSR count). The number of aromatic nitrogens is 2. The molecule has 3 aliphatic heterocycles. The topological polar surface area (TPSA) is 769 Å². The minimum Gasteiger partial charge on any atom is -0.480 e. The van der Waals surface area contributed by atoms with Crippen molar-refractivity contribution in [1.29, 1.82) is 0 Å². The van der Waals surface area contributed by atoms with Crippen LogP contribution in [0.1, 0.15) is 192 Å². The summed E-state index contributed by atoms with van der Waals surface area (Å²) in [6.07, 6.45) is 4.42. The number of nitrogens with two attached hydrogens (primary N) is 3. The highest BCUT2D eigenvalue weighted by atomic mass is 32.1. The number of aromatic amines is 1. The monoisotopic (exact) mass is 1980 g/mol. The summed E-state index contributed by atoms with van der Waals surface area (Å²) in [5.74, 6) is -21.9. The van der Waals surface area contributed by atoms with Crippen LogP contribution in [0.15, 0.2) is 12.5 Å². The molecule has 3 fully saturated rings. The van der Waals surface area contributed by atoms with Gasteiger partial charge in [0.15, 0.2) is 0 Å². The third-order valence-corrected chi connectivity index (χ3v) is 24.3. The Morgan fingerprint density at radius 3 is 1.33 bits per heavy atom. The Kier molecular flexibility index (Phi) is 50.5. The van der Waals surface area contributed by atoms with Crippen molar-refractivity contribution in [3.63, 3.8) is 0 Å². The number of carbonyl (C=O) groups excluding carboxylic acids is 20. The summed E-state index contributed by atoms with van der Waals surface area (Å²) >= 11 is 4.04. The lowest BCUT2D eigenvalue weighted by atomic mass is 9.96. The largest absolute Gasteiger partial charge is 0.480 e. The molecule has 20 amide bonds. The van der Waals surface area contributed by atoms with E-state index in [0.29, 0.717) is 44.2 Å². The summed E-state index contributed by atoms with van der Waals surface area (Å²) in [5.41, 5.74) is 17.2. The van der Waals surface area contributed by atoms with Crippen LogP contribution < -0.4 is 102 Å². The number of carboxylic acids is 1. The molecule has 4 heterocycles. The van der Waals surface area contributed by atoms with Crippen LogP contribution >= 0.6 is 12.6 Å². The molecule has 21 atom stereocenters. The Labute approximate surface area is 806 Å². The molecule has 776 valence electrons. The molecule has 51 heteroatoms. The smallest absolute Gasteiger partial charge is 0.325 e. The number of rotatable bonds is 59. The minimum atomic E-state index is -1.90. The van der Waals surface area contributed by atoms with Crippen LogP contribution in [0, 0.1) is 29.6 Å². The number of hydrogen-bond donors (Lipinski definition) is 26. The van der Waals surface area contributed by atoms with Gasteiger partial charge in [-0.15, -0.1) is 0 Å². The first-order valence-electron chi connectivity index (χ1n) is 46.8. The third kappa shape index (κ3) is 36.8. The predicted octanol–water partition coefficient (Wildman–Crippen LogP) is -9.08. The molecule has 3 saturated heterocycles. The minimum absolute atomic E-state index is 0.0645. The van der Waals surface area contributed by atoms with Crippen LogP contribution in [-0.4, -0.2) is 354 Å². The zero-order valence-electron chi connectivity index (χ0n) is 80.7. The maximum absolute atomic E-state index is 14.8. The van der Waals surface area contributed by atoms with Crippen molar-refractivity contribution < 1.29 is 126 Å². The summed E-state index contributed by atoms with van der Waals surface area (Å²) < 4.78 is 0. The highest BCUT2D eigenvalue weighted by Crippen LogP contribution is 2.30. The zero-order valence-corrected chi connectivity index (χ0v) is 81.6. The lowest BCUT2D eigenvalue weighted by Crippen LogP contribution is -2.61. The Bertz CT molecular complexity index is 4340. The quantitative estimate of drug-likeness (QED) is 0.0213. The number of hydrogen-bond acceptors (Lipinski definition) is 29. The second-order valence-electron chi connectivity index (χ2n) is 36.2. The Morgan fingerprint density at radius 2 is 0.848 bits per heavy atom. The standard InChI is InChI=1S/C87H146N24O26S/c1-14-45(9)67(107-70(119)51(89)36-112)82(131)102-55(32-43(5)6)74(123)101-56(33-50-34-91-41-93-50)73(122)95-48(12)84(133)110-29-19-23-62(110)86(135)111-30-20-24-63(111)85(134)109-28-18-22-61(109)80(129)108-68(46(10)15-2)83(132)106-66(44(7)8)81(130)92-35-65(117)97-57(37-113)77(126)99-53(25-26-64(90)116)72(121)103-58(38-114)76(125)94-47(11)69(118)98-52(21-16-17-27-88)71(120)100-54(31-42(3)4)75(124)104-59(39-115)78(127)105-60(40-138)79(128)96-49(13)87(136)137/h34,41-49,51-63,66-68,112-115,138H,14-33,35-40,88-89H2,1-13H3,(H2,90,116)(H,91,93)(H,92,130)(H,94,125)(H,95,122)(H,96,128)(H,97,117)(H,98,118)(H,99,126)(H,100,120)(H,101,123)(H,102,131)(H,103,121)(H,104,124)(H,105,127)(H,106,132)(H,107,119)(H,108,129)(H,136,137)/t45-,46-,47-,48-,49-,51-,52-,53-,54-,55-,56-,57-,58-,59-,60-,61-,62-,63-,66-,67-,68-/m0/s1. The first-order valence-corrected chi connectivity index (χ1v) is 47.4. The molecule has 0 unspecified atom stereocenters. The molecule has 28 N–H and O–H groups in total. The van der Waals surface area contributed by atoms with Crippen LogP contribution in [0.3, 0.4) is 0 Å². The number of amides is 20. The summed E-state index contributed by atoms with van der Waals surface area (Å²) in [4.78, 5) is 299. The molecular formula is C87H146N24O26S. The molecule has 0 bridgehead atoms. The van der Waals surface area contributed by atoms with Gasteiger partial charge in [-0.3, -0.25) is 101 Å². The highest BCUT2D eigenvalue weighted by Gasteiger charge is 2.48. The second-order valence-corrected chi connectivity index (χ2v) is 36.6. The van der Waals surface area contributed by atoms with Crippen LogP contribution in [0.2, 0.25) is 0 Å². The SMILES string of the molecule is CC[C@H](C)[C@H](NC(=O)[C@@H](N)CO)C(=O)N[C@@H](CC(C)C)C(=O)N[C@@H](Cc1cnc[nH]1)C(=O)N[C@@H](C)C(=O)N1CCC[C@H]1C(=O)N1CCC[C@H]1C(=O)N1CCC[C@H]1C(=O)N[C@H](C(=O)N[C@H](C(=O)NCC(=O)N[C@@H](CO)C(=O)N[C@@H](CCC(N)=O)C(=O)N[C@@H](CO)C(=O)N[C@@H](C)C(=O)N[C@@H](CCCCN)C(=O)N[C@@H](CC(C)C)C(=O)N[C@@H](CO)C(=O)N[C@@H](CS)C(=O)N[C@@H](C)C(=O)O)C(C)C)[C@@H](C)CC. The van der Waals surface area contributed by atoms with E-state index in [4.69, 9.17) is 17.2 Å². The van der Waals surface area contributed by atoms with E-state index in [1.54, 1.807) is 55.4 Å². The van der Waals surface area contributed by atoms with E-state index in [9.17, 15) is 126 Å². The number of carboxylic acid groups (broad SMARTS) is 1. The lowest BCUT2D eigenvalue weighted by molar-refractivity contribution is -0.151. The number of H-pyrrole nitrogens is 1. The van der Waals surface area contributed by atoms with E-state index in [1.807, 2.05) is 13.8 Å². The maximum atomic E-state index is 14.8. The first-order chi connectivity index (χ1) is 65.1. The molecule has 0 aromatic carbocycles. The average molecular weight is 1980 g/mol. The number of nitrogens with one attached hydrogen (secondary N) is 17. The molecular weight excluding hydrogens is 1830 g/mol. The van der Waals surface area contributed by atoms with Crippen LogP contribution in [0.5, 0.6) is 0 Å². The first kappa shape index (κ1) is 118. The number of unbranched alkanes of at least 4 members (excludes halogenated alkanes) is 1. The van der Waals surface area contributed by atoms with Gasteiger partial charge in [0.1, 0.15) is 115 Å². The molecule has 138 heavy (non-hydrogen) atoms. The number of aliphatic hydroxyl groups is 4. The molecule has 0 saturated carbocycles. The van der Waals surface area contributed by atoms with Gasteiger partial charge in [0.25, 0.3) is 0 Å². The van der Waals surface area contributed by atoms with Crippen molar-refractivity contribution in [1.82, 2.24) is 110 Å². The second kappa shape index (κ2) is 58.8. The van der Waals surface area contributed by atoms with Crippen molar-refractivity contribution in [3.8, 4) is 0 Å². The normalized spacial score (nSPS) is 18.6. The number of nitrogens with zero attached hydrogens (tertiary/aromatic N) is 4. The number of likely N-dealkylation sites (tertiary alicyclic amines) is 3. The van der Waals surface area contributed by atoms with Crippen molar-refractivity contribution in [2.45, 2.75) is 308 Å². The summed E-state index contributed by atoms with van der Waals surface area (Å²) in [6, 6.07) is -26.8. The highest BCUT2D eigenvalue weighted by molar-refractivity contribution is 7.80. The molecule has 0 spiro atoms. The van der Waals surface area contributed by atoms with Crippen molar-refractivity contribution in [2.75, 3.05) is 64.9 Å². The van der Waals surface area contributed by atoms with E-state index in [2.05, 4.69) is 108 Å². The van der Waals surface area contributed by atoms with E-state index >= 15 is 0 Å². The van der Waals surface area contributed by atoms with Crippen LogP contribution in [0.4, 0.5) is 0 Å². The van der Waals surface area contributed by atoms with E-state index < -0.39 is 302 Å². The zero-order chi connectivity index (χ0) is 104.